The monoisotopic (exact) mass is 454 g/mol. The summed E-state index contributed by atoms with van der Waals surface area (Å²) < 4.78 is 38.4. The molecule has 0 aromatic carbocycles. The van der Waals surface area contributed by atoms with Crippen LogP contribution in [0.15, 0.2) is 43.1 Å². The van der Waals surface area contributed by atoms with E-state index in [1.54, 1.807) is 24.7 Å². The summed E-state index contributed by atoms with van der Waals surface area (Å²) >= 11 is 0. The zero-order valence-electron chi connectivity index (χ0n) is 17.8. The molecule has 0 saturated carbocycles. The van der Waals surface area contributed by atoms with Crippen molar-refractivity contribution in [2.75, 3.05) is 0 Å². The average Bonchev–Trinajstić information content (AvgIpc) is 3.36. The maximum atomic E-state index is 13.7. The van der Waals surface area contributed by atoms with Crippen LogP contribution < -0.4 is 0 Å². The van der Waals surface area contributed by atoms with Gasteiger partial charge in [-0.15, -0.1) is 0 Å². The van der Waals surface area contributed by atoms with E-state index in [1.165, 1.54) is 0 Å². The van der Waals surface area contributed by atoms with Crippen LogP contribution in [0.25, 0.3) is 11.4 Å². The normalized spacial score (nSPS) is 22.1. The molecular formula is C23H21F3N6O. The molecule has 5 heterocycles. The van der Waals surface area contributed by atoms with Crippen LogP contribution >= 0.6 is 0 Å². The number of pyridine rings is 1. The van der Waals surface area contributed by atoms with E-state index >= 15 is 0 Å². The van der Waals surface area contributed by atoms with Gasteiger partial charge < -0.3 is 4.90 Å². The molecule has 10 heteroatoms. The highest BCUT2D eigenvalue weighted by molar-refractivity contribution is 5.99. The first-order valence-corrected chi connectivity index (χ1v) is 10.8. The Morgan fingerprint density at radius 2 is 1.79 bits per heavy atom. The number of alkyl halides is 3. The molecule has 0 spiro atoms. The minimum Gasteiger partial charge on any atom is -0.331 e. The van der Waals surface area contributed by atoms with Gasteiger partial charge in [0.05, 0.1) is 11.1 Å². The van der Waals surface area contributed by atoms with Gasteiger partial charge in [0.15, 0.2) is 5.82 Å². The minimum atomic E-state index is -4.46. The number of rotatable bonds is 4. The van der Waals surface area contributed by atoms with E-state index in [4.69, 9.17) is 0 Å². The largest absolute Gasteiger partial charge is 0.419 e. The lowest BCUT2D eigenvalue weighted by Crippen LogP contribution is -2.37. The predicted octanol–water partition coefficient (Wildman–Crippen LogP) is 3.89. The molecule has 3 aromatic rings. The first-order chi connectivity index (χ1) is 15.8. The van der Waals surface area contributed by atoms with Gasteiger partial charge in [-0.1, -0.05) is 0 Å². The van der Waals surface area contributed by atoms with Gasteiger partial charge >= 0.3 is 6.18 Å². The molecular weight excluding hydrogens is 433 g/mol. The van der Waals surface area contributed by atoms with E-state index in [2.05, 4.69) is 24.9 Å². The Balaban J connectivity index is 1.39. The molecule has 5 rings (SSSR count). The molecule has 1 amide bonds. The number of aromatic nitrogens is 5. The third-order valence-electron chi connectivity index (χ3n) is 6.53. The fraction of sp³-hybridized carbons (Fsp3) is 0.391. The maximum absolute atomic E-state index is 13.7. The summed E-state index contributed by atoms with van der Waals surface area (Å²) in [6, 6.07) is 3.57. The lowest BCUT2D eigenvalue weighted by atomic mass is 9.86. The predicted molar refractivity (Wildman–Crippen MR) is 112 cm³/mol. The highest BCUT2D eigenvalue weighted by atomic mass is 19.4. The van der Waals surface area contributed by atoms with Gasteiger partial charge in [-0.3, -0.25) is 9.78 Å². The topological polar surface area (TPSA) is 84.8 Å². The number of carbonyl (C=O) groups is 1. The molecule has 3 unspecified atom stereocenters. The Morgan fingerprint density at radius 3 is 2.48 bits per heavy atom. The third-order valence-corrected chi connectivity index (χ3v) is 6.53. The maximum Gasteiger partial charge on any atom is 0.419 e. The smallest absolute Gasteiger partial charge is 0.331 e. The number of hydrogen-bond donors (Lipinski definition) is 0. The van der Waals surface area contributed by atoms with E-state index in [0.717, 1.165) is 37.2 Å². The van der Waals surface area contributed by atoms with Crippen LogP contribution in [0.1, 0.15) is 46.7 Å². The molecule has 170 valence electrons. The molecule has 2 bridgehead atoms. The number of amides is 1. The average molecular weight is 454 g/mol. The summed E-state index contributed by atoms with van der Waals surface area (Å²) in [7, 11) is 0. The van der Waals surface area contributed by atoms with E-state index in [9.17, 15) is 18.0 Å². The molecule has 2 saturated heterocycles. The number of nitrogens with zero attached hydrogens (tertiary/aromatic N) is 6. The Labute approximate surface area is 188 Å². The van der Waals surface area contributed by atoms with Crippen LogP contribution in [-0.2, 0) is 12.6 Å². The third kappa shape index (κ3) is 3.94. The number of hydrogen-bond acceptors (Lipinski definition) is 6. The van der Waals surface area contributed by atoms with Crippen LogP contribution in [0.5, 0.6) is 0 Å². The second-order valence-electron chi connectivity index (χ2n) is 8.52. The molecule has 2 aliphatic rings. The van der Waals surface area contributed by atoms with Crippen LogP contribution in [-0.4, -0.2) is 47.8 Å². The zero-order chi connectivity index (χ0) is 23.2. The van der Waals surface area contributed by atoms with Crippen LogP contribution in [0, 0.1) is 12.8 Å². The van der Waals surface area contributed by atoms with Gasteiger partial charge in [-0.2, -0.15) is 13.2 Å². The van der Waals surface area contributed by atoms with Crippen LogP contribution in [0.4, 0.5) is 13.2 Å². The molecule has 3 atom stereocenters. The summed E-state index contributed by atoms with van der Waals surface area (Å²) in [6.45, 7) is 1.90. The Bertz CT molecular complexity index is 1170. The summed E-state index contributed by atoms with van der Waals surface area (Å²) in [5.74, 6) is 0.739. The minimum absolute atomic E-state index is 0.0275. The van der Waals surface area contributed by atoms with Crippen molar-refractivity contribution in [3.63, 3.8) is 0 Å². The molecule has 0 aliphatic carbocycles. The van der Waals surface area contributed by atoms with Gasteiger partial charge in [-0.05, 0) is 49.8 Å². The molecule has 2 fully saturated rings. The first-order valence-electron chi connectivity index (χ1n) is 10.8. The zero-order valence-corrected chi connectivity index (χ0v) is 17.8. The van der Waals surface area contributed by atoms with E-state index in [0.29, 0.717) is 29.3 Å². The molecule has 7 nitrogen and oxygen atoms in total. The summed E-state index contributed by atoms with van der Waals surface area (Å²) in [6.07, 6.45) is 4.97. The molecule has 0 N–H and O–H groups in total. The highest BCUT2D eigenvalue weighted by Gasteiger charge is 2.49. The fourth-order valence-electron chi connectivity index (χ4n) is 5.04. The van der Waals surface area contributed by atoms with E-state index in [-0.39, 0.29) is 23.9 Å². The number of carbonyl (C=O) groups excluding carboxylic acids is 1. The lowest BCUT2D eigenvalue weighted by Gasteiger charge is -2.25. The van der Waals surface area contributed by atoms with Crippen LogP contribution in [0.2, 0.25) is 0 Å². The molecule has 33 heavy (non-hydrogen) atoms. The summed E-state index contributed by atoms with van der Waals surface area (Å²) in [4.78, 5) is 36.4. The Morgan fingerprint density at radius 1 is 1.06 bits per heavy atom. The number of fused-ring (bicyclic) bond motifs is 2. The van der Waals surface area contributed by atoms with E-state index < -0.39 is 11.7 Å². The van der Waals surface area contributed by atoms with Crippen molar-refractivity contribution in [1.29, 1.82) is 0 Å². The highest BCUT2D eigenvalue weighted by Crippen LogP contribution is 2.44. The summed E-state index contributed by atoms with van der Waals surface area (Å²) in [5.41, 5.74) is 0.944. The number of aryl methyl sites for hydroxylation is 1. The van der Waals surface area contributed by atoms with Crippen molar-refractivity contribution in [1.82, 2.24) is 29.8 Å². The second-order valence-corrected chi connectivity index (χ2v) is 8.52. The molecule has 2 aliphatic heterocycles. The van der Waals surface area contributed by atoms with Crippen molar-refractivity contribution in [2.24, 2.45) is 5.92 Å². The first kappa shape index (κ1) is 21.4. The van der Waals surface area contributed by atoms with Crippen molar-refractivity contribution >= 4 is 5.91 Å². The Hall–Kier alpha value is -3.43. The van der Waals surface area contributed by atoms with E-state index in [1.807, 2.05) is 17.9 Å². The van der Waals surface area contributed by atoms with Gasteiger partial charge in [0.25, 0.3) is 5.91 Å². The molecule has 3 aromatic heterocycles. The fourth-order valence-corrected chi connectivity index (χ4v) is 5.04. The second kappa shape index (κ2) is 8.17. The Kier molecular flexibility index (Phi) is 5.30. The van der Waals surface area contributed by atoms with Gasteiger partial charge in [0, 0.05) is 49.5 Å². The lowest BCUT2D eigenvalue weighted by molar-refractivity contribution is -0.138. The van der Waals surface area contributed by atoms with Crippen molar-refractivity contribution in [3.05, 3.63) is 65.8 Å². The van der Waals surface area contributed by atoms with Crippen molar-refractivity contribution in [2.45, 2.75) is 50.9 Å². The van der Waals surface area contributed by atoms with Gasteiger partial charge in [0.1, 0.15) is 11.5 Å². The molecule has 0 radical (unpaired) electrons. The van der Waals surface area contributed by atoms with Gasteiger partial charge in [0.2, 0.25) is 0 Å². The van der Waals surface area contributed by atoms with Crippen LogP contribution in [0.3, 0.4) is 0 Å². The SMILES string of the molecule is Cc1ccnc(C(=O)N2C3CCC2C(Cc2ncc(C(F)(F)F)cn2)C3)c1-c1ncccn1. The van der Waals surface area contributed by atoms with Crippen molar-refractivity contribution in [3.8, 4) is 11.4 Å². The summed E-state index contributed by atoms with van der Waals surface area (Å²) in [5, 5.41) is 0. The van der Waals surface area contributed by atoms with Crippen molar-refractivity contribution < 1.29 is 18.0 Å². The quantitative estimate of drug-likeness (QED) is 0.595. The standard InChI is InChI=1S/C23H21F3N6O/c1-13-5-8-27-20(19(13)21-28-6-2-7-29-21)22(33)32-16-3-4-17(32)14(9-16)10-18-30-11-15(12-31-18)23(24,25)26/h2,5-8,11-12,14,16-17H,3-4,9-10H2,1H3. The number of halogens is 3. The van der Waals surface area contributed by atoms with Gasteiger partial charge in [-0.25, -0.2) is 19.9 Å².